The number of para-hydroxylation sites is 1. The Balaban J connectivity index is 1.53. The molecule has 0 spiro atoms. The number of urea groups is 1. The molecule has 1 heterocycles. The molecular weight excluding hydrogens is 454 g/mol. The lowest BCUT2D eigenvalue weighted by Crippen LogP contribution is -2.50. The molecule has 31 heavy (non-hydrogen) atoms. The van der Waals surface area contributed by atoms with Crippen molar-refractivity contribution >= 4 is 39.2 Å². The fourth-order valence-corrected chi connectivity index (χ4v) is 4.10. The molecule has 0 radical (unpaired) electrons. The molecule has 5 nitrogen and oxygen atoms in total. The second-order valence-electron chi connectivity index (χ2n) is 7.67. The monoisotopic (exact) mass is 477 g/mol. The number of hydrogen-bond acceptors (Lipinski definition) is 2. The Kier molecular flexibility index (Phi) is 6.37. The van der Waals surface area contributed by atoms with Gasteiger partial charge in [-0.3, -0.25) is 4.79 Å². The van der Waals surface area contributed by atoms with Crippen LogP contribution in [0.2, 0.25) is 0 Å². The van der Waals surface area contributed by atoms with Crippen LogP contribution < -0.4 is 15.5 Å². The molecule has 0 aromatic heterocycles. The van der Waals surface area contributed by atoms with Gasteiger partial charge in [0.05, 0.1) is 0 Å². The lowest BCUT2D eigenvalue weighted by Gasteiger charge is -2.25. The molecular formula is C25H24BrN3O2. The SMILES string of the molecule is Cc1cc(NC(=O)N[C@@H](Cc2ccccc2)C(=O)N2CCc3ccccc32)ccc1Br. The number of carbonyl (C=O) groups is 2. The van der Waals surface area contributed by atoms with E-state index in [4.69, 9.17) is 0 Å². The van der Waals surface area contributed by atoms with Crippen LogP contribution in [0.15, 0.2) is 77.3 Å². The molecule has 3 aromatic carbocycles. The number of fused-ring (bicyclic) bond motifs is 1. The Hall–Kier alpha value is -3.12. The normalized spacial score (nSPS) is 13.4. The summed E-state index contributed by atoms with van der Waals surface area (Å²) in [5, 5.41) is 5.75. The summed E-state index contributed by atoms with van der Waals surface area (Å²) in [6.07, 6.45) is 1.25. The summed E-state index contributed by atoms with van der Waals surface area (Å²) >= 11 is 3.46. The minimum Gasteiger partial charge on any atom is -0.326 e. The van der Waals surface area contributed by atoms with Crippen molar-refractivity contribution in [3.05, 3.63) is 94.0 Å². The third-order valence-electron chi connectivity index (χ3n) is 5.46. The summed E-state index contributed by atoms with van der Waals surface area (Å²) in [6.45, 7) is 2.58. The molecule has 0 aliphatic carbocycles. The maximum absolute atomic E-state index is 13.5. The number of aryl methyl sites for hydroxylation is 1. The summed E-state index contributed by atoms with van der Waals surface area (Å²) < 4.78 is 0.975. The summed E-state index contributed by atoms with van der Waals surface area (Å²) in [5.41, 5.74) is 4.77. The molecule has 3 amide bonds. The van der Waals surface area contributed by atoms with E-state index < -0.39 is 12.1 Å². The van der Waals surface area contributed by atoms with Crippen LogP contribution in [-0.4, -0.2) is 24.5 Å². The third-order valence-corrected chi connectivity index (χ3v) is 6.34. The molecule has 6 heteroatoms. The molecule has 0 bridgehead atoms. The fraction of sp³-hybridized carbons (Fsp3) is 0.200. The fourth-order valence-electron chi connectivity index (χ4n) is 3.85. The highest BCUT2D eigenvalue weighted by molar-refractivity contribution is 9.10. The maximum atomic E-state index is 13.5. The molecule has 4 rings (SSSR count). The molecule has 1 aliphatic rings. The van der Waals surface area contributed by atoms with Gasteiger partial charge in [0.15, 0.2) is 0 Å². The van der Waals surface area contributed by atoms with Gasteiger partial charge in [0.2, 0.25) is 5.91 Å². The minimum absolute atomic E-state index is 0.101. The van der Waals surface area contributed by atoms with Crippen molar-refractivity contribution in [2.24, 2.45) is 0 Å². The number of amides is 3. The van der Waals surface area contributed by atoms with E-state index in [9.17, 15) is 9.59 Å². The number of hydrogen-bond donors (Lipinski definition) is 2. The summed E-state index contributed by atoms with van der Waals surface area (Å²) in [5.74, 6) is -0.101. The number of benzene rings is 3. The van der Waals surface area contributed by atoms with Gasteiger partial charge in [0.25, 0.3) is 0 Å². The number of nitrogens with one attached hydrogen (secondary N) is 2. The Labute approximate surface area is 190 Å². The van der Waals surface area contributed by atoms with Crippen molar-refractivity contribution in [1.82, 2.24) is 5.32 Å². The van der Waals surface area contributed by atoms with Gasteiger partial charge in [-0.1, -0.05) is 64.5 Å². The van der Waals surface area contributed by atoms with E-state index in [-0.39, 0.29) is 5.91 Å². The van der Waals surface area contributed by atoms with E-state index >= 15 is 0 Å². The zero-order valence-electron chi connectivity index (χ0n) is 17.3. The lowest BCUT2D eigenvalue weighted by molar-refractivity contribution is -0.120. The number of halogens is 1. The first kappa shape index (κ1) is 21.1. The topological polar surface area (TPSA) is 61.4 Å². The van der Waals surface area contributed by atoms with Crippen LogP contribution in [0.5, 0.6) is 0 Å². The Morgan fingerprint density at radius 2 is 1.77 bits per heavy atom. The van der Waals surface area contributed by atoms with E-state index in [1.165, 1.54) is 0 Å². The van der Waals surface area contributed by atoms with Crippen molar-refractivity contribution in [2.45, 2.75) is 25.8 Å². The van der Waals surface area contributed by atoms with Crippen LogP contribution in [-0.2, 0) is 17.6 Å². The van der Waals surface area contributed by atoms with Crippen molar-refractivity contribution in [1.29, 1.82) is 0 Å². The summed E-state index contributed by atoms with van der Waals surface area (Å²) in [7, 11) is 0. The smallest absolute Gasteiger partial charge is 0.319 e. The maximum Gasteiger partial charge on any atom is 0.319 e. The minimum atomic E-state index is -0.676. The molecule has 2 N–H and O–H groups in total. The van der Waals surface area contributed by atoms with E-state index in [1.807, 2.05) is 79.7 Å². The Bertz CT molecular complexity index is 1100. The van der Waals surface area contributed by atoms with Gasteiger partial charge in [0.1, 0.15) is 6.04 Å². The number of rotatable bonds is 5. The molecule has 0 unspecified atom stereocenters. The predicted octanol–water partition coefficient (Wildman–Crippen LogP) is 5.08. The number of anilines is 2. The first-order chi connectivity index (χ1) is 15.0. The van der Waals surface area contributed by atoms with Crippen molar-refractivity contribution < 1.29 is 9.59 Å². The van der Waals surface area contributed by atoms with Crippen LogP contribution in [0.4, 0.5) is 16.2 Å². The Morgan fingerprint density at radius 3 is 2.55 bits per heavy atom. The van der Waals surface area contributed by atoms with Gasteiger partial charge in [-0.05, 0) is 54.3 Å². The molecule has 0 saturated heterocycles. The average molecular weight is 478 g/mol. The highest BCUT2D eigenvalue weighted by atomic mass is 79.9. The molecule has 0 fully saturated rings. The predicted molar refractivity (Wildman–Crippen MR) is 127 cm³/mol. The molecule has 0 saturated carbocycles. The van der Waals surface area contributed by atoms with Crippen LogP contribution in [0, 0.1) is 6.92 Å². The molecule has 1 aliphatic heterocycles. The first-order valence-electron chi connectivity index (χ1n) is 10.3. The second-order valence-corrected chi connectivity index (χ2v) is 8.53. The van der Waals surface area contributed by atoms with E-state index in [1.54, 1.807) is 4.90 Å². The Morgan fingerprint density at radius 1 is 1.03 bits per heavy atom. The standard InChI is InChI=1S/C25H24BrN3O2/c1-17-15-20(11-12-21(17)26)27-25(31)28-22(16-18-7-3-2-4-8-18)24(30)29-14-13-19-9-5-6-10-23(19)29/h2-12,15,22H,13-14,16H2,1H3,(H2,27,28,31)/t22-/m0/s1. The average Bonchev–Trinajstić information content (AvgIpc) is 3.20. The second kappa shape index (κ2) is 9.35. The zero-order chi connectivity index (χ0) is 21.8. The highest BCUT2D eigenvalue weighted by Gasteiger charge is 2.31. The van der Waals surface area contributed by atoms with Gasteiger partial charge in [-0.25, -0.2) is 4.79 Å². The largest absolute Gasteiger partial charge is 0.326 e. The molecule has 158 valence electrons. The van der Waals surface area contributed by atoms with Crippen molar-refractivity contribution in [3.63, 3.8) is 0 Å². The third kappa shape index (κ3) is 4.97. The van der Waals surface area contributed by atoms with E-state index in [0.717, 1.165) is 33.3 Å². The number of carbonyl (C=O) groups excluding carboxylic acids is 2. The highest BCUT2D eigenvalue weighted by Crippen LogP contribution is 2.28. The van der Waals surface area contributed by atoms with Crippen LogP contribution in [0.3, 0.4) is 0 Å². The van der Waals surface area contributed by atoms with Crippen LogP contribution in [0.25, 0.3) is 0 Å². The van der Waals surface area contributed by atoms with Crippen molar-refractivity contribution in [3.8, 4) is 0 Å². The summed E-state index contributed by atoms with van der Waals surface area (Å²) in [6, 6.07) is 22.2. The van der Waals surface area contributed by atoms with Gasteiger partial charge in [0, 0.05) is 28.8 Å². The summed E-state index contributed by atoms with van der Waals surface area (Å²) in [4.78, 5) is 28.0. The quantitative estimate of drug-likeness (QED) is 0.538. The van der Waals surface area contributed by atoms with Gasteiger partial charge < -0.3 is 15.5 Å². The number of nitrogens with zero attached hydrogens (tertiary/aromatic N) is 1. The van der Waals surface area contributed by atoms with Crippen molar-refractivity contribution in [2.75, 3.05) is 16.8 Å². The zero-order valence-corrected chi connectivity index (χ0v) is 18.9. The van der Waals surface area contributed by atoms with Gasteiger partial charge >= 0.3 is 6.03 Å². The van der Waals surface area contributed by atoms with Gasteiger partial charge in [-0.15, -0.1) is 0 Å². The molecule has 3 aromatic rings. The van der Waals surface area contributed by atoms with Gasteiger partial charge in [-0.2, -0.15) is 0 Å². The van der Waals surface area contributed by atoms with E-state index in [0.29, 0.717) is 18.7 Å². The molecule has 1 atom stereocenters. The lowest BCUT2D eigenvalue weighted by atomic mass is 10.0. The van der Waals surface area contributed by atoms with E-state index in [2.05, 4.69) is 26.6 Å². The van der Waals surface area contributed by atoms with Crippen LogP contribution in [0.1, 0.15) is 16.7 Å². The van der Waals surface area contributed by atoms with Crippen LogP contribution >= 0.6 is 15.9 Å². The first-order valence-corrected chi connectivity index (χ1v) is 11.1.